The van der Waals surface area contributed by atoms with Crippen molar-refractivity contribution in [3.63, 3.8) is 0 Å². The van der Waals surface area contributed by atoms with Crippen molar-refractivity contribution < 1.29 is 0 Å². The van der Waals surface area contributed by atoms with Gasteiger partial charge in [0.1, 0.15) is 0 Å². The first-order valence-corrected chi connectivity index (χ1v) is 7.91. The zero-order valence-electron chi connectivity index (χ0n) is 15.4. The van der Waals surface area contributed by atoms with Gasteiger partial charge in [0.25, 0.3) is 0 Å². The molecule has 0 N–H and O–H groups in total. The van der Waals surface area contributed by atoms with E-state index in [9.17, 15) is 0 Å². The Labute approximate surface area is 147 Å². The zero-order valence-corrected chi connectivity index (χ0v) is 15.4. The predicted molar refractivity (Wildman–Crippen MR) is 122 cm³/mol. The topological polar surface area (TPSA) is 0 Å². The third-order valence-electron chi connectivity index (χ3n) is 0.500. The van der Waals surface area contributed by atoms with Crippen molar-refractivity contribution in [2.45, 2.75) is 147 Å². The van der Waals surface area contributed by atoms with Crippen molar-refractivity contribution in [1.82, 2.24) is 0 Å². The molecule has 0 nitrogen and oxygen atoms in total. The maximum absolute atomic E-state index is 2.18. The molecule has 150 valence electrons. The van der Waals surface area contributed by atoms with E-state index in [1.807, 2.05) is 83.1 Å². The summed E-state index contributed by atoms with van der Waals surface area (Å²) >= 11 is 0. The molecule has 0 saturated carbocycles. The fourth-order valence-electron chi connectivity index (χ4n) is 0. The lowest BCUT2D eigenvalue weighted by Gasteiger charge is -1.68. The van der Waals surface area contributed by atoms with Crippen LogP contribution in [0.3, 0.4) is 0 Å². The molecule has 0 spiro atoms. The molecule has 0 heteroatoms. The van der Waals surface area contributed by atoms with E-state index in [0.717, 1.165) is 0 Å². The molecule has 0 atom stereocenters. The second kappa shape index (κ2) is 1800. The van der Waals surface area contributed by atoms with Gasteiger partial charge in [0.05, 0.1) is 0 Å². The van der Waals surface area contributed by atoms with Crippen molar-refractivity contribution in [2.24, 2.45) is 0 Å². The van der Waals surface area contributed by atoms with E-state index in [0.29, 0.717) is 0 Å². The minimum absolute atomic E-state index is 0. The Morgan fingerprint density at radius 2 is 0.333 bits per heavy atom. The summed E-state index contributed by atoms with van der Waals surface area (Å²) in [4.78, 5) is 0. The van der Waals surface area contributed by atoms with E-state index in [4.69, 9.17) is 0 Å². The van der Waals surface area contributed by atoms with Crippen LogP contribution in [0.2, 0.25) is 0 Å². The Balaban J connectivity index is -0.00000000443. The van der Waals surface area contributed by atoms with Crippen LogP contribution in [0.5, 0.6) is 0 Å². The summed E-state index contributed by atoms with van der Waals surface area (Å²) in [5.74, 6) is 0. The molecule has 0 unspecified atom stereocenters. The molecule has 0 aromatic heterocycles. The second-order valence-electron chi connectivity index (χ2n) is 1.000. The van der Waals surface area contributed by atoms with E-state index < -0.39 is 0 Å². The first-order valence-electron chi connectivity index (χ1n) is 7.91. The van der Waals surface area contributed by atoms with Crippen molar-refractivity contribution in [3.8, 4) is 0 Å². The van der Waals surface area contributed by atoms with Crippen LogP contribution < -0.4 is 0 Å². The van der Waals surface area contributed by atoms with E-state index in [2.05, 4.69) is 13.8 Å². The van der Waals surface area contributed by atoms with Gasteiger partial charge in [-0.25, -0.2) is 0 Å². The Morgan fingerprint density at radius 1 is 0.286 bits per heavy atom. The Bertz CT molecular complexity index is 2.00. The fourth-order valence-corrected chi connectivity index (χ4v) is 0. The van der Waals surface area contributed by atoms with Crippen molar-refractivity contribution in [3.05, 3.63) is 0 Å². The van der Waals surface area contributed by atoms with Crippen molar-refractivity contribution in [2.75, 3.05) is 0 Å². The quantitative estimate of drug-likeness (QED) is 0.451. The maximum Gasteiger partial charge on any atom is -0.0564 e. The van der Waals surface area contributed by atoms with E-state index in [-0.39, 0.29) is 37.1 Å². The monoisotopic (exact) mass is 319 g/mol. The molecular formula is C21H66. The average molecular weight is 319 g/mol. The van der Waals surface area contributed by atoms with Crippen LogP contribution in [0.4, 0.5) is 0 Å². The molecule has 0 aromatic carbocycles. The molecular weight excluding hydrogens is 252 g/mol. The maximum atomic E-state index is 2.18. The van der Waals surface area contributed by atoms with Gasteiger partial charge in [0, 0.05) is 0 Å². The first kappa shape index (κ1) is 104. The van der Waals surface area contributed by atoms with Crippen LogP contribution in [-0.2, 0) is 0 Å². The van der Waals surface area contributed by atoms with E-state index >= 15 is 0 Å². The lowest BCUT2D eigenvalue weighted by Crippen LogP contribution is -1.47. The SMILES string of the molecule is C.C.C.C.C.CC.CC.CC.CC.CC.CC.CCCC. The summed E-state index contributed by atoms with van der Waals surface area (Å²) in [6, 6.07) is 0. The Kier molecular flexibility index (Phi) is 8910. The third-order valence-corrected chi connectivity index (χ3v) is 0.500. The van der Waals surface area contributed by atoms with Crippen molar-refractivity contribution >= 4 is 0 Å². The van der Waals surface area contributed by atoms with Gasteiger partial charge in [-0.3, -0.25) is 0 Å². The normalized spacial score (nSPS) is 3.14. The molecule has 0 heterocycles. The van der Waals surface area contributed by atoms with Gasteiger partial charge in [0.2, 0.25) is 0 Å². The van der Waals surface area contributed by atoms with Crippen molar-refractivity contribution in [1.29, 1.82) is 0 Å². The summed E-state index contributed by atoms with van der Waals surface area (Å²) < 4.78 is 0. The van der Waals surface area contributed by atoms with E-state index in [1.165, 1.54) is 12.8 Å². The van der Waals surface area contributed by atoms with Gasteiger partial charge in [-0.2, -0.15) is 0 Å². The molecule has 0 amide bonds. The summed E-state index contributed by atoms with van der Waals surface area (Å²) in [5.41, 5.74) is 0. The molecule has 0 radical (unpaired) electrons. The standard InChI is InChI=1S/C4H10.6C2H6.5CH4/c1-3-4-2;6*1-2;;;;;/h3-4H2,1-2H3;6*1-2H3;5*1H4. The highest BCUT2D eigenvalue weighted by Crippen LogP contribution is 1.76. The minimum atomic E-state index is 0. The number of hydrogen-bond acceptors (Lipinski definition) is 0. The first-order chi connectivity index (χ1) is 7.91. The van der Waals surface area contributed by atoms with Gasteiger partial charge in [0.15, 0.2) is 0 Å². The smallest absolute Gasteiger partial charge is 0.0564 e. The van der Waals surface area contributed by atoms with Crippen LogP contribution in [0, 0.1) is 0 Å². The van der Waals surface area contributed by atoms with Crippen LogP contribution in [0.15, 0.2) is 0 Å². The van der Waals surface area contributed by atoms with E-state index in [1.54, 1.807) is 0 Å². The summed E-state index contributed by atoms with van der Waals surface area (Å²) in [6.07, 6.45) is 2.64. The molecule has 0 aliphatic rings. The molecule has 0 bridgehead atoms. The third kappa shape index (κ3) is 6480. The highest BCUT2D eigenvalue weighted by atomic mass is 13.6. The number of hydrogen-bond donors (Lipinski definition) is 0. The molecule has 0 aliphatic heterocycles. The summed E-state index contributed by atoms with van der Waals surface area (Å²) in [6.45, 7) is 28.4. The van der Waals surface area contributed by atoms with Crippen LogP contribution >= 0.6 is 0 Å². The van der Waals surface area contributed by atoms with Gasteiger partial charge < -0.3 is 0 Å². The summed E-state index contributed by atoms with van der Waals surface area (Å²) in [5, 5.41) is 0. The van der Waals surface area contributed by atoms with Crippen LogP contribution in [0.1, 0.15) is 147 Å². The highest BCUT2D eigenvalue weighted by Gasteiger charge is 1.56. The number of rotatable bonds is 1. The fraction of sp³-hybridized carbons (Fsp3) is 1.00. The highest BCUT2D eigenvalue weighted by molar-refractivity contribution is 4.12. The van der Waals surface area contributed by atoms with Crippen LogP contribution in [-0.4, -0.2) is 0 Å². The van der Waals surface area contributed by atoms with Gasteiger partial charge in [-0.05, 0) is 0 Å². The van der Waals surface area contributed by atoms with Gasteiger partial charge >= 0.3 is 0 Å². The lowest BCUT2D eigenvalue weighted by atomic mass is 10.4. The molecule has 0 aliphatic carbocycles. The Morgan fingerprint density at radius 3 is 0.333 bits per heavy atom. The molecule has 21 heavy (non-hydrogen) atoms. The second-order valence-corrected chi connectivity index (χ2v) is 1.000. The predicted octanol–water partition coefficient (Wildman–Crippen LogP) is 11.1. The van der Waals surface area contributed by atoms with Gasteiger partial charge in [-0.15, -0.1) is 0 Å². The number of unbranched alkanes of at least 4 members (excludes halogenated alkanes) is 1. The minimum Gasteiger partial charge on any atom is -0.0776 e. The molecule has 0 rings (SSSR count). The zero-order chi connectivity index (χ0) is 15.4. The largest absolute Gasteiger partial charge is 0.0776 e. The summed E-state index contributed by atoms with van der Waals surface area (Å²) in [7, 11) is 0. The van der Waals surface area contributed by atoms with Crippen LogP contribution in [0.25, 0.3) is 0 Å². The lowest BCUT2D eigenvalue weighted by molar-refractivity contribution is 0.886. The Hall–Kier alpha value is 0. The average Bonchev–Trinajstić information content (AvgIpc) is 2.51. The molecule has 0 fully saturated rings. The van der Waals surface area contributed by atoms with Gasteiger partial charge in [-0.1, -0.05) is 147 Å². The molecule has 0 saturated heterocycles. The molecule has 0 aromatic rings.